The van der Waals surface area contributed by atoms with Crippen molar-refractivity contribution in [1.82, 2.24) is 24.4 Å². The van der Waals surface area contributed by atoms with Crippen molar-refractivity contribution in [1.29, 1.82) is 0 Å². The average Bonchev–Trinajstić information content (AvgIpc) is 2.95. The predicted octanol–water partition coefficient (Wildman–Crippen LogP) is 1.77. The first-order valence-electron chi connectivity index (χ1n) is 4.93. The Morgan fingerprint density at radius 3 is 2.89 bits per heavy atom. The van der Waals surface area contributed by atoms with E-state index in [1.807, 2.05) is 0 Å². The first-order chi connectivity index (χ1) is 8.65. The van der Waals surface area contributed by atoms with Crippen LogP contribution in [0, 0.1) is 0 Å². The van der Waals surface area contributed by atoms with Crippen LogP contribution in [0.4, 0.5) is 4.79 Å². The molecule has 90 valence electrons. The van der Waals surface area contributed by atoms with E-state index < -0.39 is 6.09 Å². The third-order valence-electron chi connectivity index (χ3n) is 2.41. The molecular weight excluding hydrogens is 258 g/mol. The van der Waals surface area contributed by atoms with Gasteiger partial charge in [-0.15, -0.1) is 0 Å². The van der Waals surface area contributed by atoms with Crippen LogP contribution < -0.4 is 0 Å². The van der Waals surface area contributed by atoms with Crippen LogP contribution in [0.3, 0.4) is 0 Å². The van der Waals surface area contributed by atoms with Crippen LogP contribution in [-0.2, 0) is 0 Å². The smallest absolute Gasteiger partial charge is 0.432 e. The molecule has 3 aromatic rings. The van der Waals surface area contributed by atoms with E-state index in [0.29, 0.717) is 11.3 Å². The fourth-order valence-electron chi connectivity index (χ4n) is 1.66. The standard InChI is InChI=1S/C10H6ClN5O2/c11-8-5-15-7(1-2-12-15)9(14-8)6-3-13-16(4-6)10(17)18/h1-5H,(H,17,18). The van der Waals surface area contributed by atoms with Crippen LogP contribution in [-0.4, -0.2) is 35.6 Å². The Balaban J connectivity index is 2.23. The summed E-state index contributed by atoms with van der Waals surface area (Å²) in [5.41, 5.74) is 1.82. The minimum absolute atomic E-state index is 0.268. The molecule has 0 bridgehead atoms. The molecule has 0 spiro atoms. The highest BCUT2D eigenvalue weighted by Gasteiger charge is 2.12. The number of carbonyl (C=O) groups is 1. The van der Waals surface area contributed by atoms with Gasteiger partial charge in [0.2, 0.25) is 0 Å². The fourth-order valence-corrected chi connectivity index (χ4v) is 1.84. The van der Waals surface area contributed by atoms with E-state index >= 15 is 0 Å². The largest absolute Gasteiger partial charge is 0.463 e. The van der Waals surface area contributed by atoms with Gasteiger partial charge < -0.3 is 5.11 Å². The highest BCUT2D eigenvalue weighted by Crippen LogP contribution is 2.23. The van der Waals surface area contributed by atoms with Gasteiger partial charge in [0.15, 0.2) is 0 Å². The number of hydrogen-bond acceptors (Lipinski definition) is 4. The Bertz CT molecular complexity index is 748. The summed E-state index contributed by atoms with van der Waals surface area (Å²) in [4.78, 5) is 14.9. The molecule has 0 aliphatic rings. The summed E-state index contributed by atoms with van der Waals surface area (Å²) in [6.07, 6.45) is 4.81. The van der Waals surface area contributed by atoms with E-state index in [0.717, 1.165) is 10.2 Å². The van der Waals surface area contributed by atoms with Crippen molar-refractivity contribution in [2.24, 2.45) is 0 Å². The number of carboxylic acid groups (broad SMARTS) is 1. The van der Waals surface area contributed by atoms with E-state index in [1.165, 1.54) is 12.4 Å². The number of rotatable bonds is 1. The van der Waals surface area contributed by atoms with Gasteiger partial charge in [-0.1, -0.05) is 11.6 Å². The monoisotopic (exact) mass is 263 g/mol. The van der Waals surface area contributed by atoms with Gasteiger partial charge in [0.25, 0.3) is 0 Å². The van der Waals surface area contributed by atoms with Crippen LogP contribution in [0.5, 0.6) is 0 Å². The van der Waals surface area contributed by atoms with Crippen molar-refractivity contribution < 1.29 is 9.90 Å². The molecule has 1 N–H and O–H groups in total. The summed E-state index contributed by atoms with van der Waals surface area (Å²) in [5, 5.41) is 16.9. The molecule has 7 nitrogen and oxygen atoms in total. The van der Waals surface area contributed by atoms with Crippen molar-refractivity contribution in [3.05, 3.63) is 36.0 Å². The maximum atomic E-state index is 10.8. The van der Waals surface area contributed by atoms with Crippen LogP contribution >= 0.6 is 11.6 Å². The molecule has 0 saturated heterocycles. The van der Waals surface area contributed by atoms with Crippen molar-refractivity contribution in [3.63, 3.8) is 0 Å². The minimum atomic E-state index is -1.16. The molecule has 0 saturated carbocycles. The normalized spacial score (nSPS) is 10.9. The van der Waals surface area contributed by atoms with Gasteiger partial charge >= 0.3 is 6.09 Å². The molecule has 0 atom stereocenters. The Kier molecular flexibility index (Phi) is 2.27. The van der Waals surface area contributed by atoms with Crippen molar-refractivity contribution in [2.75, 3.05) is 0 Å². The number of halogens is 1. The Morgan fingerprint density at radius 2 is 2.17 bits per heavy atom. The van der Waals surface area contributed by atoms with Crippen LogP contribution in [0.25, 0.3) is 16.8 Å². The minimum Gasteiger partial charge on any atom is -0.463 e. The molecule has 0 aromatic carbocycles. The molecule has 0 aliphatic heterocycles. The number of aromatic nitrogens is 5. The van der Waals surface area contributed by atoms with Gasteiger partial charge in [-0.05, 0) is 6.07 Å². The van der Waals surface area contributed by atoms with Gasteiger partial charge in [0, 0.05) is 11.8 Å². The Morgan fingerprint density at radius 1 is 1.33 bits per heavy atom. The molecule has 0 aliphatic carbocycles. The summed E-state index contributed by atoms with van der Waals surface area (Å²) in [7, 11) is 0. The third kappa shape index (κ3) is 1.61. The van der Waals surface area contributed by atoms with E-state index in [-0.39, 0.29) is 5.15 Å². The lowest BCUT2D eigenvalue weighted by Gasteiger charge is -2.01. The summed E-state index contributed by atoms with van der Waals surface area (Å²) in [5.74, 6) is 0. The van der Waals surface area contributed by atoms with Crippen molar-refractivity contribution >= 4 is 23.2 Å². The first kappa shape index (κ1) is 10.7. The van der Waals surface area contributed by atoms with Gasteiger partial charge in [-0.3, -0.25) is 0 Å². The second-order valence-corrected chi connectivity index (χ2v) is 3.92. The van der Waals surface area contributed by atoms with E-state index in [4.69, 9.17) is 16.7 Å². The SMILES string of the molecule is O=C(O)n1cc(-c2nc(Cl)cn3nccc23)cn1. The lowest BCUT2D eigenvalue weighted by Crippen LogP contribution is -2.07. The zero-order valence-electron chi connectivity index (χ0n) is 8.86. The third-order valence-corrected chi connectivity index (χ3v) is 2.59. The first-order valence-corrected chi connectivity index (χ1v) is 5.31. The molecule has 0 unspecified atom stereocenters. The van der Waals surface area contributed by atoms with Gasteiger partial charge in [0.1, 0.15) is 10.8 Å². The fraction of sp³-hybridized carbons (Fsp3) is 0. The molecule has 8 heteroatoms. The number of hydrogen-bond donors (Lipinski definition) is 1. The highest BCUT2D eigenvalue weighted by molar-refractivity contribution is 6.29. The molecule has 18 heavy (non-hydrogen) atoms. The topological polar surface area (TPSA) is 85.3 Å². The maximum Gasteiger partial charge on any atom is 0.432 e. The second kappa shape index (κ2) is 3.81. The van der Waals surface area contributed by atoms with Crippen LogP contribution in [0.15, 0.2) is 30.9 Å². The molecule has 3 heterocycles. The lowest BCUT2D eigenvalue weighted by molar-refractivity contribution is 0.192. The summed E-state index contributed by atoms with van der Waals surface area (Å²) in [6.45, 7) is 0. The Labute approximate surface area is 105 Å². The summed E-state index contributed by atoms with van der Waals surface area (Å²) >= 11 is 5.88. The highest BCUT2D eigenvalue weighted by atomic mass is 35.5. The molecule has 0 amide bonds. The zero-order valence-corrected chi connectivity index (χ0v) is 9.61. The Hall–Kier alpha value is -2.41. The van der Waals surface area contributed by atoms with Crippen molar-refractivity contribution in [3.8, 4) is 11.3 Å². The maximum absolute atomic E-state index is 10.8. The van der Waals surface area contributed by atoms with E-state index in [9.17, 15) is 4.79 Å². The predicted molar refractivity (Wildman–Crippen MR) is 62.6 cm³/mol. The molecular formula is C10H6ClN5O2. The number of nitrogens with zero attached hydrogens (tertiary/aromatic N) is 5. The molecule has 3 rings (SSSR count). The summed E-state index contributed by atoms with van der Waals surface area (Å²) in [6, 6.07) is 1.76. The summed E-state index contributed by atoms with van der Waals surface area (Å²) < 4.78 is 2.38. The molecule has 0 radical (unpaired) electrons. The number of fused-ring (bicyclic) bond motifs is 1. The van der Waals surface area contributed by atoms with E-state index in [1.54, 1.807) is 23.0 Å². The lowest BCUT2D eigenvalue weighted by atomic mass is 10.2. The van der Waals surface area contributed by atoms with E-state index in [2.05, 4.69) is 15.2 Å². The molecule has 0 fully saturated rings. The van der Waals surface area contributed by atoms with Crippen molar-refractivity contribution in [2.45, 2.75) is 0 Å². The second-order valence-electron chi connectivity index (χ2n) is 3.53. The van der Waals surface area contributed by atoms with Crippen LogP contribution in [0.1, 0.15) is 0 Å². The van der Waals surface area contributed by atoms with Gasteiger partial charge in [-0.25, -0.2) is 14.3 Å². The quantitative estimate of drug-likeness (QED) is 0.723. The molecule has 3 aromatic heterocycles. The zero-order chi connectivity index (χ0) is 12.7. The van der Waals surface area contributed by atoms with Crippen LogP contribution in [0.2, 0.25) is 5.15 Å². The average molecular weight is 264 g/mol. The van der Waals surface area contributed by atoms with Gasteiger partial charge in [-0.2, -0.15) is 14.9 Å². The van der Waals surface area contributed by atoms with Gasteiger partial charge in [0.05, 0.1) is 24.1 Å².